The molecular weight excluding hydrogens is 336 g/mol. The Balaban J connectivity index is 1.66. The summed E-state index contributed by atoms with van der Waals surface area (Å²) in [6.45, 7) is 1.04. The zero-order valence-corrected chi connectivity index (χ0v) is 14.8. The third kappa shape index (κ3) is 4.68. The van der Waals surface area contributed by atoms with Crippen LogP contribution in [0.5, 0.6) is 5.75 Å². The Labute approximate surface area is 150 Å². The smallest absolute Gasteiger partial charge is 0.148 e. The summed E-state index contributed by atoms with van der Waals surface area (Å²) < 4.78 is 5.49. The average molecular weight is 354 g/mol. The van der Waals surface area contributed by atoms with Crippen LogP contribution in [-0.4, -0.2) is 11.6 Å². The Morgan fingerprint density at radius 2 is 2.21 bits per heavy atom. The highest BCUT2D eigenvalue weighted by atomic mass is 32.1. The number of nitrogens with one attached hydrogen (secondary N) is 1. The Kier molecular flexibility index (Phi) is 6.02. The van der Waals surface area contributed by atoms with E-state index < -0.39 is 0 Å². The van der Waals surface area contributed by atoms with Gasteiger partial charge < -0.3 is 10.1 Å². The van der Waals surface area contributed by atoms with E-state index in [4.69, 9.17) is 11.2 Å². The summed E-state index contributed by atoms with van der Waals surface area (Å²) in [6, 6.07) is 10.4. The molecule has 24 heavy (non-hydrogen) atoms. The molecule has 0 saturated heterocycles. The largest absolute Gasteiger partial charge is 0.481 e. The first-order chi connectivity index (χ1) is 11.8. The number of terminal acetylenes is 1. The van der Waals surface area contributed by atoms with E-state index in [2.05, 4.69) is 39.1 Å². The predicted molar refractivity (Wildman–Crippen MR) is 100 cm³/mol. The van der Waals surface area contributed by atoms with E-state index in [1.807, 2.05) is 29.8 Å². The highest BCUT2D eigenvalue weighted by Gasteiger charge is 2.15. The van der Waals surface area contributed by atoms with E-state index in [9.17, 15) is 0 Å². The molecule has 1 N–H and O–H groups in total. The zero-order chi connectivity index (χ0) is 16.6. The minimum Gasteiger partial charge on any atom is -0.481 e. The van der Waals surface area contributed by atoms with Crippen molar-refractivity contribution in [1.82, 2.24) is 10.3 Å². The van der Waals surface area contributed by atoms with Crippen molar-refractivity contribution in [2.24, 2.45) is 0 Å². The van der Waals surface area contributed by atoms with Crippen LogP contribution >= 0.6 is 22.7 Å². The first-order valence-electron chi connectivity index (χ1n) is 7.64. The summed E-state index contributed by atoms with van der Waals surface area (Å²) in [5.74, 6) is 3.29. The van der Waals surface area contributed by atoms with Crippen LogP contribution in [-0.2, 0) is 13.0 Å². The van der Waals surface area contributed by atoms with E-state index in [0.29, 0.717) is 0 Å². The second-order valence-corrected chi connectivity index (χ2v) is 6.99. The molecule has 0 unspecified atom stereocenters. The van der Waals surface area contributed by atoms with Crippen LogP contribution in [0.1, 0.15) is 22.2 Å². The van der Waals surface area contributed by atoms with Gasteiger partial charge in [-0.05, 0) is 46.5 Å². The molecule has 0 fully saturated rings. The van der Waals surface area contributed by atoms with Gasteiger partial charge in [0.25, 0.3) is 0 Å². The molecule has 0 spiro atoms. The third-order valence-electron chi connectivity index (χ3n) is 3.54. The fourth-order valence-electron chi connectivity index (χ4n) is 2.41. The van der Waals surface area contributed by atoms with Crippen LogP contribution in [0.3, 0.4) is 0 Å². The number of nitrogens with zero attached hydrogens (tertiary/aromatic N) is 1. The summed E-state index contributed by atoms with van der Waals surface area (Å²) >= 11 is 3.41. The molecule has 122 valence electrons. The van der Waals surface area contributed by atoms with Gasteiger partial charge in [-0.15, -0.1) is 17.8 Å². The van der Waals surface area contributed by atoms with Crippen molar-refractivity contribution in [1.29, 1.82) is 0 Å². The first kappa shape index (κ1) is 16.7. The van der Waals surface area contributed by atoms with Crippen LogP contribution in [0.4, 0.5) is 0 Å². The summed E-state index contributed by atoms with van der Waals surface area (Å²) in [5, 5.41) is 11.1. The fourth-order valence-corrected chi connectivity index (χ4v) is 3.80. The van der Waals surface area contributed by atoms with E-state index in [-0.39, 0.29) is 12.6 Å². The van der Waals surface area contributed by atoms with Gasteiger partial charge >= 0.3 is 0 Å². The number of hydrogen-bond donors (Lipinski definition) is 1. The topological polar surface area (TPSA) is 34.1 Å². The van der Waals surface area contributed by atoms with Gasteiger partial charge in [-0.2, -0.15) is 11.3 Å². The molecule has 3 nitrogen and oxygen atoms in total. The van der Waals surface area contributed by atoms with Crippen molar-refractivity contribution in [3.63, 3.8) is 0 Å². The molecule has 0 saturated carbocycles. The van der Waals surface area contributed by atoms with Gasteiger partial charge in [0.15, 0.2) is 0 Å². The lowest BCUT2D eigenvalue weighted by molar-refractivity contribution is 0.369. The molecule has 0 radical (unpaired) electrons. The summed E-state index contributed by atoms with van der Waals surface area (Å²) in [7, 11) is 0. The molecule has 2 heterocycles. The van der Waals surface area contributed by atoms with Crippen LogP contribution < -0.4 is 10.1 Å². The second kappa shape index (κ2) is 8.65. The Hall–Kier alpha value is -2.13. The van der Waals surface area contributed by atoms with E-state index in [1.165, 1.54) is 5.56 Å². The third-order valence-corrected chi connectivity index (χ3v) is 5.16. The molecule has 0 bridgehead atoms. The van der Waals surface area contributed by atoms with Crippen molar-refractivity contribution in [2.75, 3.05) is 6.61 Å². The van der Waals surface area contributed by atoms with Gasteiger partial charge in [-0.25, -0.2) is 4.98 Å². The zero-order valence-electron chi connectivity index (χ0n) is 13.1. The van der Waals surface area contributed by atoms with Crippen LogP contribution in [0, 0.1) is 12.3 Å². The number of thiophene rings is 1. The van der Waals surface area contributed by atoms with Gasteiger partial charge in [0.05, 0.1) is 6.04 Å². The molecule has 2 aromatic heterocycles. The molecule has 0 aliphatic rings. The maximum atomic E-state index is 5.49. The van der Waals surface area contributed by atoms with Crippen molar-refractivity contribution >= 4 is 22.7 Å². The summed E-state index contributed by atoms with van der Waals surface area (Å²) in [6.07, 6.45) is 8.03. The standard InChI is InChI=1S/C19H18N2OS2/c1-2-8-22-17-5-3-4-15(11-17)13-21-18(19-20-7-10-24-19)12-16-6-9-23-14-16/h1,3-7,9-11,14,18,21H,8,12-13H2/t18-/m1/s1. The SMILES string of the molecule is C#CCOc1cccc(CN[C@H](Cc2ccsc2)c2nccs2)c1. The van der Waals surface area contributed by atoms with Crippen molar-refractivity contribution < 1.29 is 4.74 Å². The van der Waals surface area contributed by atoms with Crippen molar-refractivity contribution in [2.45, 2.75) is 19.0 Å². The Morgan fingerprint density at radius 1 is 1.25 bits per heavy atom. The second-order valence-electron chi connectivity index (χ2n) is 5.28. The molecule has 0 aliphatic carbocycles. The number of benzene rings is 1. The minimum atomic E-state index is 0.204. The van der Waals surface area contributed by atoms with E-state index in [0.717, 1.165) is 29.3 Å². The monoisotopic (exact) mass is 354 g/mol. The maximum absolute atomic E-state index is 5.49. The predicted octanol–water partition coefficient (Wildman–Crippen LogP) is 4.29. The lowest BCUT2D eigenvalue weighted by Crippen LogP contribution is -2.22. The fraction of sp³-hybridized carbons (Fsp3) is 0.211. The van der Waals surface area contributed by atoms with E-state index in [1.54, 1.807) is 22.7 Å². The quantitative estimate of drug-likeness (QED) is 0.613. The minimum absolute atomic E-state index is 0.204. The number of aromatic nitrogens is 1. The number of ether oxygens (including phenoxy) is 1. The van der Waals surface area contributed by atoms with Crippen molar-refractivity contribution in [3.05, 3.63) is 68.8 Å². The normalized spacial score (nSPS) is 11.8. The van der Waals surface area contributed by atoms with Gasteiger partial charge in [-0.1, -0.05) is 18.1 Å². The summed E-state index contributed by atoms with van der Waals surface area (Å²) in [4.78, 5) is 4.48. The number of thiazole rings is 1. The van der Waals surface area contributed by atoms with E-state index >= 15 is 0 Å². The van der Waals surface area contributed by atoms with Crippen LogP contribution in [0.15, 0.2) is 52.7 Å². The first-order valence-corrected chi connectivity index (χ1v) is 9.46. The lowest BCUT2D eigenvalue weighted by Gasteiger charge is -2.16. The molecule has 3 aromatic rings. The number of rotatable bonds is 8. The number of hydrogen-bond acceptors (Lipinski definition) is 5. The average Bonchev–Trinajstić information content (AvgIpc) is 3.30. The molecular formula is C19H18N2OS2. The molecule has 5 heteroatoms. The van der Waals surface area contributed by atoms with Gasteiger partial charge in [0.1, 0.15) is 17.4 Å². The summed E-state index contributed by atoms with van der Waals surface area (Å²) in [5.41, 5.74) is 2.50. The van der Waals surface area contributed by atoms with Crippen LogP contribution in [0.2, 0.25) is 0 Å². The van der Waals surface area contributed by atoms with Gasteiger partial charge in [0, 0.05) is 18.1 Å². The molecule has 1 aromatic carbocycles. The molecule has 0 amide bonds. The Bertz CT molecular complexity index is 776. The van der Waals surface area contributed by atoms with Crippen molar-refractivity contribution in [3.8, 4) is 18.1 Å². The van der Waals surface area contributed by atoms with Gasteiger partial charge in [-0.3, -0.25) is 0 Å². The maximum Gasteiger partial charge on any atom is 0.148 e. The van der Waals surface area contributed by atoms with Gasteiger partial charge in [0.2, 0.25) is 0 Å². The molecule has 1 atom stereocenters. The lowest BCUT2D eigenvalue weighted by atomic mass is 10.1. The highest BCUT2D eigenvalue weighted by molar-refractivity contribution is 7.09. The highest BCUT2D eigenvalue weighted by Crippen LogP contribution is 2.23. The molecule has 0 aliphatic heterocycles. The van der Waals surface area contributed by atoms with Crippen LogP contribution in [0.25, 0.3) is 0 Å². The Morgan fingerprint density at radius 3 is 2.96 bits per heavy atom. The molecule has 3 rings (SSSR count).